The minimum absolute atomic E-state index is 0.0960. The first-order chi connectivity index (χ1) is 20.8. The average Bonchev–Trinajstić information content (AvgIpc) is 2.94. The second kappa shape index (κ2) is 15.4. The van der Waals surface area contributed by atoms with E-state index in [1.807, 2.05) is 42.6 Å². The zero-order valence-electron chi connectivity index (χ0n) is 26.6. The van der Waals surface area contributed by atoms with Crippen LogP contribution in [0.1, 0.15) is 58.9 Å². The first kappa shape index (κ1) is 34.9. The van der Waals surface area contributed by atoms with Crippen LogP contribution < -0.4 is 26.3 Å². The Balaban J connectivity index is 1.76. The largest absolute Gasteiger partial charge is 0.465 e. The number of benzene rings is 1. The number of carbonyl (C=O) groups excluding carboxylic acids is 2. The highest BCUT2D eigenvalue weighted by atomic mass is 31.2. The Labute approximate surface area is 256 Å². The molecule has 0 fully saturated rings. The van der Waals surface area contributed by atoms with Crippen molar-refractivity contribution in [3.63, 3.8) is 0 Å². The lowest BCUT2D eigenvalue weighted by Crippen LogP contribution is -2.42. The van der Waals surface area contributed by atoms with Crippen molar-refractivity contribution >= 4 is 36.1 Å². The van der Waals surface area contributed by atoms with Gasteiger partial charge in [-0.3, -0.25) is 23.9 Å². The van der Waals surface area contributed by atoms with E-state index in [0.717, 1.165) is 23.2 Å². The number of ether oxygens (including phenoxy) is 2. The number of aryl methyl sites for hydroxylation is 2. The molecule has 0 amide bonds. The number of hydrogen-bond acceptors (Lipinski definition) is 10. The van der Waals surface area contributed by atoms with E-state index in [1.54, 1.807) is 27.7 Å². The molecule has 2 aliphatic heterocycles. The molecule has 0 aliphatic carbocycles. The van der Waals surface area contributed by atoms with Crippen LogP contribution in [0.25, 0.3) is 22.6 Å². The average molecular weight is 634 g/mol. The Morgan fingerprint density at radius 1 is 0.977 bits per heavy atom. The van der Waals surface area contributed by atoms with Gasteiger partial charge in [-0.25, -0.2) is 20.0 Å². The Kier molecular flexibility index (Phi) is 12.2. The molecule has 2 heterocycles. The van der Waals surface area contributed by atoms with Crippen molar-refractivity contribution in [3.8, 4) is 11.5 Å². The number of unbranched alkanes of at least 4 members (excludes halogenated alkanes) is 3. The van der Waals surface area contributed by atoms with Gasteiger partial charge in [-0.1, -0.05) is 12.8 Å². The molecule has 0 bridgehead atoms. The van der Waals surface area contributed by atoms with Crippen LogP contribution in [0.4, 0.5) is 5.69 Å². The molecule has 0 spiro atoms. The third kappa shape index (κ3) is 8.73. The summed E-state index contributed by atoms with van der Waals surface area (Å²) in [6.07, 6.45) is 2.84. The van der Waals surface area contributed by atoms with Gasteiger partial charge >= 0.3 is 17.6 Å². The maximum atomic E-state index is 13.9. The molecule has 3 N–H and O–H groups in total. The van der Waals surface area contributed by atoms with Gasteiger partial charge < -0.3 is 18.9 Å². The molecule has 0 saturated heterocycles. The van der Waals surface area contributed by atoms with Crippen LogP contribution in [0.2, 0.25) is 0 Å². The molecular formula is C29H44N7O7P. The van der Waals surface area contributed by atoms with Crippen LogP contribution in [0.3, 0.4) is 0 Å². The van der Waals surface area contributed by atoms with Gasteiger partial charge in [-0.15, -0.1) is 0 Å². The van der Waals surface area contributed by atoms with Crippen LogP contribution in [-0.4, -0.2) is 77.0 Å². The highest BCUT2D eigenvalue weighted by Gasteiger charge is 2.31. The van der Waals surface area contributed by atoms with E-state index >= 15 is 0 Å². The van der Waals surface area contributed by atoms with E-state index in [9.17, 15) is 23.7 Å². The summed E-state index contributed by atoms with van der Waals surface area (Å²) in [6.45, 7) is 9.34. The highest BCUT2D eigenvalue weighted by molar-refractivity contribution is 7.59. The minimum Gasteiger partial charge on any atom is -0.465 e. The lowest BCUT2D eigenvalue weighted by molar-refractivity contribution is -0.145. The maximum Gasteiger partial charge on any atom is 0.349 e. The Morgan fingerprint density at radius 2 is 1.57 bits per heavy atom. The summed E-state index contributed by atoms with van der Waals surface area (Å²) in [6, 6.07) is 2.21. The van der Waals surface area contributed by atoms with Crippen molar-refractivity contribution in [2.24, 2.45) is 0 Å². The predicted octanol–water partition coefficient (Wildman–Crippen LogP) is 2.79. The monoisotopic (exact) mass is 633 g/mol. The summed E-state index contributed by atoms with van der Waals surface area (Å²) in [5.41, 5.74) is 2.12. The molecule has 0 radical (unpaired) electrons. The van der Waals surface area contributed by atoms with Crippen LogP contribution in [-0.2, 0) is 30.2 Å². The zero-order valence-corrected chi connectivity index (χ0v) is 27.5. The number of rotatable bonds is 16. The summed E-state index contributed by atoms with van der Waals surface area (Å²) >= 11 is 0. The molecule has 3 rings (SSSR count). The number of anilines is 1. The van der Waals surface area contributed by atoms with E-state index in [-0.39, 0.29) is 30.9 Å². The zero-order chi connectivity index (χ0) is 32.6. The molecule has 1 aromatic carbocycles. The smallest absolute Gasteiger partial charge is 0.349 e. The minimum atomic E-state index is -3.39. The lowest BCUT2D eigenvalue weighted by Gasteiger charge is -2.26. The summed E-state index contributed by atoms with van der Waals surface area (Å²) in [4.78, 5) is 62.0. The molecule has 2 aliphatic rings. The standard InChI is InChI=1S/C29H44N7O7P/c1-8-42-27(38)19(4)33-44(41,34-20(5)28(39)43-9-2)15-13-11-10-12-14-36-23-17-22(35(6)7)18(3)16-21(23)30-24-25(36)31-29(40)32-26(24)37/h16-17,19-20H,8-15H2,1-7H3,(H,32,37,40)(H2,33,34,41). The Morgan fingerprint density at radius 3 is 2.14 bits per heavy atom. The molecule has 2 atom stereocenters. The fourth-order valence-corrected chi connectivity index (χ4v) is 7.50. The number of esters is 2. The number of aromatic nitrogens is 4. The molecule has 44 heavy (non-hydrogen) atoms. The number of hydrogen-bond donors (Lipinski definition) is 3. The third-order valence-electron chi connectivity index (χ3n) is 7.10. The molecule has 0 aromatic heterocycles. The molecular weight excluding hydrogens is 589 g/mol. The SMILES string of the molecule is CCOC(=O)C(C)NP(=O)(CCCCCCn1c2nc(=O)[nH]c(=O)c-2nc2cc(C)c(N(C)C)cc21)NC(C)C(=O)OCC. The van der Waals surface area contributed by atoms with Gasteiger partial charge in [-0.05, 0) is 65.2 Å². The van der Waals surface area contributed by atoms with Gasteiger partial charge in [0.05, 0.1) is 24.2 Å². The van der Waals surface area contributed by atoms with Crippen molar-refractivity contribution in [1.82, 2.24) is 29.7 Å². The summed E-state index contributed by atoms with van der Waals surface area (Å²) in [5.74, 6) is -0.847. The van der Waals surface area contributed by atoms with Gasteiger partial charge in [-0.2, -0.15) is 4.98 Å². The van der Waals surface area contributed by atoms with Crippen LogP contribution in [0.5, 0.6) is 0 Å². The van der Waals surface area contributed by atoms with E-state index in [4.69, 9.17) is 9.47 Å². The van der Waals surface area contributed by atoms with Gasteiger partial charge in [0, 0.05) is 32.5 Å². The normalized spacial score (nSPS) is 14.2. The fraction of sp³-hybridized carbons (Fsp3) is 0.586. The number of nitrogens with zero attached hydrogens (tertiary/aromatic N) is 4. The van der Waals surface area contributed by atoms with Crippen molar-refractivity contribution in [1.29, 1.82) is 0 Å². The molecule has 1 aromatic rings. The second-order valence-electron chi connectivity index (χ2n) is 10.9. The van der Waals surface area contributed by atoms with Crippen molar-refractivity contribution in [3.05, 3.63) is 38.5 Å². The Bertz CT molecular complexity index is 1570. The number of H-pyrrole nitrogens is 1. The number of aromatic amines is 1. The fourth-order valence-electron chi connectivity index (χ4n) is 5.03. The van der Waals surface area contributed by atoms with Crippen molar-refractivity contribution in [2.75, 3.05) is 38.4 Å². The second-order valence-corrected chi connectivity index (χ2v) is 13.4. The first-order valence-electron chi connectivity index (χ1n) is 14.9. The summed E-state index contributed by atoms with van der Waals surface area (Å²) in [7, 11) is 0.487. The van der Waals surface area contributed by atoms with E-state index in [1.165, 1.54) is 0 Å². The number of nitrogens with one attached hydrogen (secondary N) is 3. The molecule has 14 nitrogen and oxygen atoms in total. The molecule has 2 unspecified atom stereocenters. The van der Waals surface area contributed by atoms with Crippen molar-refractivity contribution < 1.29 is 23.6 Å². The van der Waals surface area contributed by atoms with Crippen LogP contribution in [0, 0.1) is 6.92 Å². The van der Waals surface area contributed by atoms with Crippen LogP contribution in [0.15, 0.2) is 21.7 Å². The van der Waals surface area contributed by atoms with Crippen molar-refractivity contribution in [2.45, 2.75) is 78.9 Å². The van der Waals surface area contributed by atoms with E-state index < -0.39 is 42.7 Å². The van der Waals surface area contributed by atoms with Gasteiger partial charge in [0.2, 0.25) is 7.44 Å². The molecule has 0 saturated carbocycles. The highest BCUT2D eigenvalue weighted by Crippen LogP contribution is 2.39. The lowest BCUT2D eigenvalue weighted by atomic mass is 10.1. The summed E-state index contributed by atoms with van der Waals surface area (Å²) in [5, 5.41) is 5.74. The summed E-state index contributed by atoms with van der Waals surface area (Å²) < 4.78 is 25.8. The van der Waals surface area contributed by atoms with Gasteiger partial charge in [0.1, 0.15) is 12.1 Å². The van der Waals surface area contributed by atoms with Crippen LogP contribution >= 0.6 is 7.44 Å². The topological polar surface area (TPSA) is 178 Å². The first-order valence-corrected chi connectivity index (χ1v) is 16.8. The Hall–Kier alpha value is -3.61. The number of carbonyl (C=O) groups is 2. The van der Waals surface area contributed by atoms with E-state index in [2.05, 4.69) is 25.1 Å². The number of fused-ring (bicyclic) bond motifs is 2. The molecule has 15 heteroatoms. The van der Waals surface area contributed by atoms with E-state index in [0.29, 0.717) is 31.3 Å². The van der Waals surface area contributed by atoms with Gasteiger partial charge in [0.25, 0.3) is 5.56 Å². The maximum absolute atomic E-state index is 13.9. The molecule has 242 valence electrons. The third-order valence-corrected chi connectivity index (χ3v) is 9.65. The quantitative estimate of drug-likeness (QED) is 0.0911. The van der Waals surface area contributed by atoms with Gasteiger partial charge in [0.15, 0.2) is 11.5 Å². The predicted molar refractivity (Wildman–Crippen MR) is 170 cm³/mol.